The second-order valence-corrected chi connectivity index (χ2v) is 3.50. The summed E-state index contributed by atoms with van der Waals surface area (Å²) in [5, 5.41) is 8.70. The van der Waals surface area contributed by atoms with E-state index < -0.39 is 11.9 Å². The minimum Gasteiger partial charge on any atom is -0.481 e. The monoisotopic (exact) mass is 296 g/mol. The molecule has 0 aliphatic carbocycles. The van der Waals surface area contributed by atoms with Gasteiger partial charge in [0.25, 0.3) is 0 Å². The number of thiazole rings is 1. The quantitative estimate of drug-likeness (QED) is 0.797. The Morgan fingerprint density at radius 2 is 2.20 bits per heavy atom. The molecule has 0 saturated carbocycles. The number of carboxylic acid groups (broad SMARTS) is 1. The van der Waals surface area contributed by atoms with Gasteiger partial charge in [-0.25, -0.2) is 9.78 Å². The van der Waals surface area contributed by atoms with E-state index in [0.717, 1.165) is 11.3 Å². The molecule has 3 N–H and O–H groups in total. The zero-order valence-corrected chi connectivity index (χ0v) is 10.2. The first kappa shape index (κ1) is 13.8. The Bertz CT molecular complexity index is 379. The summed E-state index contributed by atoms with van der Waals surface area (Å²) in [5.41, 5.74) is 5.34. The maximum Gasteiger partial charge on any atom is 0.357 e. The summed E-state index contributed by atoms with van der Waals surface area (Å²) in [6, 6.07) is 0. The first-order valence-electron chi connectivity index (χ1n) is 3.60. The van der Waals surface area contributed by atoms with E-state index in [1.807, 2.05) is 0 Å². The number of rotatable bonds is 3. The highest BCUT2D eigenvalue weighted by molar-refractivity contribution is 8.93. The molecule has 0 spiro atoms. The van der Waals surface area contributed by atoms with E-state index in [0.29, 0.717) is 4.88 Å². The van der Waals surface area contributed by atoms with E-state index in [1.165, 1.54) is 7.11 Å². The fraction of sp³-hybridized carbons (Fsp3) is 0.286. The molecule has 0 aliphatic rings. The summed E-state index contributed by atoms with van der Waals surface area (Å²) in [6.07, 6.45) is -0.278. The van der Waals surface area contributed by atoms with Crippen molar-refractivity contribution in [1.29, 1.82) is 0 Å². The van der Waals surface area contributed by atoms with E-state index >= 15 is 0 Å². The van der Waals surface area contributed by atoms with Gasteiger partial charge in [0.2, 0.25) is 0 Å². The fourth-order valence-corrected chi connectivity index (χ4v) is 1.69. The molecule has 0 unspecified atom stereocenters. The van der Waals surface area contributed by atoms with Crippen molar-refractivity contribution in [3.05, 3.63) is 10.6 Å². The zero-order chi connectivity index (χ0) is 10.7. The number of carbonyl (C=O) groups excluding carboxylic acids is 1. The second-order valence-electron chi connectivity index (χ2n) is 2.39. The molecule has 0 bridgehead atoms. The lowest BCUT2D eigenvalue weighted by Crippen LogP contribution is -2.08. The molecule has 0 saturated heterocycles. The molecular formula is C7H9BrN2O4S. The minimum absolute atomic E-state index is 0. The standard InChI is InChI=1S/C7H8N2O4S.BrH/c1-13-6(12)5-3(2-4(10)11)14-7(8)9-5;/h2H2,1H3,(H2,8,9)(H,10,11);1H. The van der Waals surface area contributed by atoms with E-state index in [2.05, 4.69) is 9.72 Å². The predicted octanol–water partition coefficient (Wildman–Crippen LogP) is 0.717. The van der Waals surface area contributed by atoms with Crippen molar-refractivity contribution in [1.82, 2.24) is 4.98 Å². The Morgan fingerprint density at radius 3 is 2.67 bits per heavy atom. The number of hydrogen-bond acceptors (Lipinski definition) is 6. The van der Waals surface area contributed by atoms with Crippen LogP contribution in [0.3, 0.4) is 0 Å². The van der Waals surface area contributed by atoms with Gasteiger partial charge in [0.1, 0.15) is 0 Å². The molecule has 1 rings (SSSR count). The van der Waals surface area contributed by atoms with E-state index in [4.69, 9.17) is 10.8 Å². The molecule has 84 valence electrons. The molecule has 0 amide bonds. The average Bonchev–Trinajstić information content (AvgIpc) is 2.44. The van der Waals surface area contributed by atoms with E-state index in [1.54, 1.807) is 0 Å². The molecule has 0 atom stereocenters. The largest absolute Gasteiger partial charge is 0.481 e. The van der Waals surface area contributed by atoms with Crippen LogP contribution in [-0.2, 0) is 16.0 Å². The highest BCUT2D eigenvalue weighted by Gasteiger charge is 2.19. The number of carboxylic acids is 1. The van der Waals surface area contributed by atoms with Crippen molar-refractivity contribution in [2.75, 3.05) is 12.8 Å². The molecule has 0 aromatic carbocycles. The molecule has 0 aliphatic heterocycles. The summed E-state index contributed by atoms with van der Waals surface area (Å²) in [5.74, 6) is -1.71. The summed E-state index contributed by atoms with van der Waals surface area (Å²) in [7, 11) is 1.20. The molecule has 1 aromatic heterocycles. The SMILES string of the molecule is Br.COC(=O)c1nc(N)sc1CC(=O)O. The van der Waals surface area contributed by atoms with Gasteiger partial charge in [0, 0.05) is 0 Å². The number of aromatic nitrogens is 1. The number of halogens is 1. The van der Waals surface area contributed by atoms with Gasteiger partial charge in [-0.3, -0.25) is 4.79 Å². The summed E-state index contributed by atoms with van der Waals surface area (Å²) in [4.78, 5) is 25.5. The zero-order valence-electron chi connectivity index (χ0n) is 7.72. The van der Waals surface area contributed by atoms with Crippen molar-refractivity contribution < 1.29 is 19.4 Å². The molecule has 15 heavy (non-hydrogen) atoms. The maximum absolute atomic E-state index is 11.1. The Labute approximate surface area is 99.8 Å². The van der Waals surface area contributed by atoms with Crippen LogP contribution in [0.4, 0.5) is 5.13 Å². The predicted molar refractivity (Wildman–Crippen MR) is 59.5 cm³/mol. The van der Waals surface area contributed by atoms with Crippen LogP contribution in [0.5, 0.6) is 0 Å². The van der Waals surface area contributed by atoms with E-state index in [-0.39, 0.29) is 34.2 Å². The normalized spacial score (nSPS) is 9.13. The molecule has 0 radical (unpaired) electrons. The molecule has 1 aromatic rings. The lowest BCUT2D eigenvalue weighted by atomic mass is 10.3. The average molecular weight is 297 g/mol. The van der Waals surface area contributed by atoms with Crippen LogP contribution in [0.2, 0.25) is 0 Å². The number of methoxy groups -OCH3 is 1. The Kier molecular flexibility index (Phi) is 5.23. The van der Waals surface area contributed by atoms with Gasteiger partial charge in [-0.15, -0.1) is 28.3 Å². The number of aliphatic carboxylic acids is 1. The van der Waals surface area contributed by atoms with Crippen molar-refractivity contribution in [2.24, 2.45) is 0 Å². The van der Waals surface area contributed by atoms with Gasteiger partial charge in [-0.1, -0.05) is 0 Å². The highest BCUT2D eigenvalue weighted by atomic mass is 79.9. The number of carbonyl (C=O) groups is 2. The van der Waals surface area contributed by atoms with Gasteiger partial charge >= 0.3 is 11.9 Å². The number of anilines is 1. The van der Waals surface area contributed by atoms with Crippen LogP contribution in [0, 0.1) is 0 Å². The smallest absolute Gasteiger partial charge is 0.357 e. The lowest BCUT2D eigenvalue weighted by Gasteiger charge is -1.96. The first-order valence-corrected chi connectivity index (χ1v) is 4.41. The number of nitrogens with zero attached hydrogens (tertiary/aromatic N) is 1. The molecule has 0 fully saturated rings. The molecular weight excluding hydrogens is 288 g/mol. The van der Waals surface area contributed by atoms with Crippen molar-refractivity contribution in [3.8, 4) is 0 Å². The maximum atomic E-state index is 11.1. The van der Waals surface area contributed by atoms with Gasteiger partial charge < -0.3 is 15.6 Å². The third-order valence-electron chi connectivity index (χ3n) is 1.40. The molecule has 6 nitrogen and oxygen atoms in total. The third-order valence-corrected chi connectivity index (χ3v) is 2.29. The first-order chi connectivity index (χ1) is 6.54. The van der Waals surface area contributed by atoms with E-state index in [9.17, 15) is 9.59 Å². The second kappa shape index (κ2) is 5.66. The number of esters is 1. The summed E-state index contributed by atoms with van der Waals surface area (Å²) >= 11 is 0.971. The van der Waals surface area contributed by atoms with Gasteiger partial charge in [0.05, 0.1) is 18.4 Å². The van der Waals surface area contributed by atoms with Crippen molar-refractivity contribution in [2.45, 2.75) is 6.42 Å². The molecule has 8 heteroatoms. The van der Waals surface area contributed by atoms with Gasteiger partial charge in [-0.2, -0.15) is 0 Å². The molecule has 1 heterocycles. The fourth-order valence-electron chi connectivity index (χ4n) is 0.883. The number of nitrogen functional groups attached to an aromatic ring is 1. The number of hydrogen-bond donors (Lipinski definition) is 2. The van der Waals surface area contributed by atoms with Gasteiger partial charge in [0.15, 0.2) is 10.8 Å². The summed E-state index contributed by atoms with van der Waals surface area (Å²) < 4.78 is 4.43. The summed E-state index contributed by atoms with van der Waals surface area (Å²) in [6.45, 7) is 0. The number of ether oxygens (including phenoxy) is 1. The third kappa shape index (κ3) is 3.48. The Balaban J connectivity index is 0.00000196. The highest BCUT2D eigenvalue weighted by Crippen LogP contribution is 2.21. The number of nitrogens with two attached hydrogens (primary N) is 1. The van der Waals surface area contributed by atoms with Crippen LogP contribution in [-0.4, -0.2) is 29.1 Å². The Hall–Kier alpha value is -1.15. The van der Waals surface area contributed by atoms with Crippen molar-refractivity contribution in [3.63, 3.8) is 0 Å². The van der Waals surface area contributed by atoms with Crippen LogP contribution in [0.15, 0.2) is 0 Å². The van der Waals surface area contributed by atoms with Gasteiger partial charge in [-0.05, 0) is 0 Å². The van der Waals surface area contributed by atoms with Crippen LogP contribution in [0.25, 0.3) is 0 Å². The van der Waals surface area contributed by atoms with Crippen LogP contribution < -0.4 is 5.73 Å². The Morgan fingerprint density at radius 1 is 1.60 bits per heavy atom. The minimum atomic E-state index is -1.04. The van der Waals surface area contributed by atoms with Crippen LogP contribution >= 0.6 is 28.3 Å². The lowest BCUT2D eigenvalue weighted by molar-refractivity contribution is -0.136. The van der Waals surface area contributed by atoms with Crippen molar-refractivity contribution >= 4 is 45.4 Å². The topological polar surface area (TPSA) is 103 Å². The van der Waals surface area contributed by atoms with Crippen LogP contribution in [0.1, 0.15) is 15.4 Å².